The summed E-state index contributed by atoms with van der Waals surface area (Å²) in [6, 6.07) is 10.7. The number of carbonyl (C=O) groups is 1. The fourth-order valence-corrected chi connectivity index (χ4v) is 12.2. The molecule has 1 aromatic carbocycles. The first-order chi connectivity index (χ1) is 19.3. The lowest BCUT2D eigenvalue weighted by Crippen LogP contribution is -2.65. The van der Waals surface area contributed by atoms with Gasteiger partial charge in [-0.15, -0.1) is 0 Å². The second kappa shape index (κ2) is 8.60. The van der Waals surface area contributed by atoms with E-state index in [1.54, 1.807) is 0 Å². The molecule has 1 aromatic heterocycles. The average Bonchev–Trinajstić information content (AvgIpc) is 3.35. The molecule has 7 rings (SSSR count). The van der Waals surface area contributed by atoms with E-state index in [0.29, 0.717) is 23.7 Å². The summed E-state index contributed by atoms with van der Waals surface area (Å²) in [6.07, 6.45) is 13.1. The minimum absolute atomic E-state index is 0.0131. The molecule has 0 spiro atoms. The van der Waals surface area contributed by atoms with Crippen LogP contribution < -0.4 is 0 Å². The molecule has 9 atom stereocenters. The van der Waals surface area contributed by atoms with Crippen LogP contribution in [0.1, 0.15) is 105 Å². The molecule has 1 N–H and O–H groups in total. The highest BCUT2D eigenvalue weighted by Gasteiger charge is 2.69. The van der Waals surface area contributed by atoms with E-state index < -0.39 is 11.4 Å². The van der Waals surface area contributed by atoms with E-state index in [2.05, 4.69) is 95.8 Å². The molecule has 2 aromatic rings. The smallest absolute Gasteiger partial charge is 0.310 e. The van der Waals surface area contributed by atoms with Gasteiger partial charge in [-0.2, -0.15) is 5.10 Å². The van der Waals surface area contributed by atoms with E-state index in [4.69, 9.17) is 5.10 Å². The van der Waals surface area contributed by atoms with Crippen molar-refractivity contribution in [2.24, 2.45) is 51.2 Å². The van der Waals surface area contributed by atoms with Crippen LogP contribution in [-0.4, -0.2) is 20.9 Å². The molecule has 0 amide bonds. The van der Waals surface area contributed by atoms with Gasteiger partial charge in [0.25, 0.3) is 0 Å². The van der Waals surface area contributed by atoms with Gasteiger partial charge in [-0.3, -0.25) is 4.79 Å². The number of fused-ring (bicyclic) bond motifs is 8. The van der Waals surface area contributed by atoms with Crippen molar-refractivity contribution in [3.05, 3.63) is 59.4 Å². The Morgan fingerprint density at radius 1 is 0.951 bits per heavy atom. The van der Waals surface area contributed by atoms with Gasteiger partial charge in [-0.25, -0.2) is 4.68 Å². The number of aliphatic carboxylic acids is 1. The number of nitrogens with zero attached hydrogens (tertiary/aromatic N) is 2. The van der Waals surface area contributed by atoms with Crippen LogP contribution in [0.2, 0.25) is 0 Å². The van der Waals surface area contributed by atoms with Gasteiger partial charge < -0.3 is 5.11 Å². The van der Waals surface area contributed by atoms with Crippen LogP contribution in [0.15, 0.2) is 48.2 Å². The lowest BCUT2D eigenvalue weighted by Gasteiger charge is -2.70. The number of hydrogen-bond acceptors (Lipinski definition) is 2. The molecule has 4 heteroatoms. The zero-order valence-electron chi connectivity index (χ0n) is 26.3. The van der Waals surface area contributed by atoms with Gasteiger partial charge in [0.1, 0.15) is 0 Å². The van der Waals surface area contributed by atoms with Crippen molar-refractivity contribution >= 4 is 5.97 Å². The molecule has 1 heterocycles. The Bertz CT molecular complexity index is 1420. The van der Waals surface area contributed by atoms with Crippen LogP contribution in [0, 0.1) is 51.2 Å². The summed E-state index contributed by atoms with van der Waals surface area (Å²) in [6.45, 7) is 17.5. The van der Waals surface area contributed by atoms with E-state index >= 15 is 0 Å². The number of allylic oxidation sites excluding steroid dienone is 2. The van der Waals surface area contributed by atoms with E-state index in [1.807, 2.05) is 0 Å². The Kier molecular flexibility index (Phi) is 5.76. The molecule has 4 nitrogen and oxygen atoms in total. The first-order valence-corrected chi connectivity index (χ1v) is 16.4. The minimum Gasteiger partial charge on any atom is -0.481 e. The van der Waals surface area contributed by atoms with Gasteiger partial charge in [0.15, 0.2) is 0 Å². The highest BCUT2D eigenvalue weighted by Crippen LogP contribution is 2.75. The van der Waals surface area contributed by atoms with Crippen molar-refractivity contribution in [3.63, 3.8) is 0 Å². The van der Waals surface area contributed by atoms with Crippen LogP contribution in [-0.2, 0) is 16.6 Å². The third-order valence-corrected chi connectivity index (χ3v) is 14.6. The van der Waals surface area contributed by atoms with Crippen molar-refractivity contribution in [1.82, 2.24) is 9.78 Å². The average molecular weight is 555 g/mol. The Hall–Kier alpha value is -2.36. The summed E-state index contributed by atoms with van der Waals surface area (Å²) in [7, 11) is 0. The molecule has 0 unspecified atom stereocenters. The summed E-state index contributed by atoms with van der Waals surface area (Å²) in [5.41, 5.74) is 5.34. The van der Waals surface area contributed by atoms with Crippen molar-refractivity contribution in [2.75, 3.05) is 0 Å². The van der Waals surface area contributed by atoms with E-state index in [-0.39, 0.29) is 27.6 Å². The summed E-state index contributed by atoms with van der Waals surface area (Å²) >= 11 is 0. The van der Waals surface area contributed by atoms with Gasteiger partial charge >= 0.3 is 5.97 Å². The number of carboxylic acids is 1. The van der Waals surface area contributed by atoms with Crippen LogP contribution in [0.4, 0.5) is 0 Å². The van der Waals surface area contributed by atoms with Crippen LogP contribution >= 0.6 is 0 Å². The molecule has 0 radical (unpaired) electrons. The molecule has 0 aliphatic heterocycles. The number of carboxylic acid groups (broad SMARTS) is 1. The predicted molar refractivity (Wildman–Crippen MR) is 164 cm³/mol. The topological polar surface area (TPSA) is 55.1 Å². The normalized spacial score (nSPS) is 44.4. The second-order valence-electron chi connectivity index (χ2n) is 16.3. The fourth-order valence-electron chi connectivity index (χ4n) is 12.2. The quantitative estimate of drug-likeness (QED) is 0.378. The zero-order chi connectivity index (χ0) is 29.2. The largest absolute Gasteiger partial charge is 0.481 e. The molecular weight excluding hydrogens is 504 g/mol. The predicted octanol–water partition coefficient (Wildman–Crippen LogP) is 8.63. The highest BCUT2D eigenvalue weighted by molar-refractivity contribution is 5.76. The SMILES string of the molecule is C[C@H]1[C@H](C)CC[C@]2(C(=O)O)CC[C@]3(C)C(=CC[C@@H]4[C@@]5(C)Cc6cnn(-c7ccccc7)c6C(C)(C)[C@@H]5CC[C@]43C)[C@H]12. The van der Waals surface area contributed by atoms with Crippen molar-refractivity contribution in [1.29, 1.82) is 0 Å². The van der Waals surface area contributed by atoms with Crippen molar-refractivity contribution < 1.29 is 9.90 Å². The van der Waals surface area contributed by atoms with Crippen LogP contribution in [0.5, 0.6) is 0 Å². The number of aromatic nitrogens is 2. The molecule has 3 fully saturated rings. The van der Waals surface area contributed by atoms with Crippen LogP contribution in [0.3, 0.4) is 0 Å². The Labute approximate surface area is 247 Å². The Morgan fingerprint density at radius 3 is 2.39 bits per heavy atom. The number of hydrogen-bond donors (Lipinski definition) is 1. The molecular formula is C37H50N2O2. The molecule has 0 bridgehead atoms. The van der Waals surface area contributed by atoms with E-state index in [0.717, 1.165) is 44.2 Å². The van der Waals surface area contributed by atoms with Gasteiger partial charge in [-0.05, 0) is 115 Å². The summed E-state index contributed by atoms with van der Waals surface area (Å²) in [5, 5.41) is 15.7. The Balaban J connectivity index is 1.33. The molecule has 5 aliphatic rings. The summed E-state index contributed by atoms with van der Waals surface area (Å²) in [5.74, 6) is 1.77. The molecule has 220 valence electrons. The monoisotopic (exact) mass is 554 g/mol. The number of rotatable bonds is 2. The minimum atomic E-state index is -0.574. The standard InChI is InChI=1S/C37H50N2O2/c1-23-15-18-37(32(40)41)20-19-35(6)27(30(37)24(23)2)13-14-29-34(5)21-25-22-38-39(26-11-9-8-10-12-26)31(25)33(3,4)28(34)16-17-36(29,35)7/h8-13,22-24,28-30H,14-21H2,1-7H3,(H,40,41)/t23-,24+,28+,29-,30+,34+,35-,36-,37+/m1/s1. The fraction of sp³-hybridized carbons (Fsp3) is 0.676. The lowest BCUT2D eigenvalue weighted by molar-refractivity contribution is -0.179. The van der Waals surface area contributed by atoms with E-state index in [9.17, 15) is 9.90 Å². The summed E-state index contributed by atoms with van der Waals surface area (Å²) in [4.78, 5) is 13.0. The van der Waals surface area contributed by atoms with Gasteiger partial charge in [0.2, 0.25) is 0 Å². The second-order valence-corrected chi connectivity index (χ2v) is 16.3. The first-order valence-electron chi connectivity index (χ1n) is 16.4. The molecule has 5 aliphatic carbocycles. The maximum Gasteiger partial charge on any atom is 0.310 e. The third kappa shape index (κ3) is 3.29. The van der Waals surface area contributed by atoms with E-state index in [1.165, 1.54) is 29.7 Å². The third-order valence-electron chi connectivity index (χ3n) is 14.6. The van der Waals surface area contributed by atoms with Crippen molar-refractivity contribution in [2.45, 2.75) is 105 Å². The Morgan fingerprint density at radius 2 is 1.68 bits per heavy atom. The first kappa shape index (κ1) is 27.5. The lowest BCUT2D eigenvalue weighted by atomic mass is 9.33. The molecule has 3 saturated carbocycles. The van der Waals surface area contributed by atoms with Crippen LogP contribution in [0.25, 0.3) is 5.69 Å². The maximum atomic E-state index is 13.0. The summed E-state index contributed by atoms with van der Waals surface area (Å²) < 4.78 is 2.22. The molecule has 41 heavy (non-hydrogen) atoms. The van der Waals surface area contributed by atoms with Gasteiger partial charge in [0, 0.05) is 5.41 Å². The number of benzene rings is 1. The number of para-hydroxylation sites is 1. The van der Waals surface area contributed by atoms with Gasteiger partial charge in [0.05, 0.1) is 23.0 Å². The zero-order valence-corrected chi connectivity index (χ0v) is 26.3. The highest BCUT2D eigenvalue weighted by atomic mass is 16.4. The van der Waals surface area contributed by atoms with Gasteiger partial charge in [-0.1, -0.05) is 78.3 Å². The molecule has 0 saturated heterocycles. The maximum absolute atomic E-state index is 13.0. The van der Waals surface area contributed by atoms with Crippen molar-refractivity contribution in [3.8, 4) is 5.69 Å².